The highest BCUT2D eigenvalue weighted by Gasteiger charge is 2.22. The molecule has 58 heavy (non-hydrogen) atoms. The van der Waals surface area contributed by atoms with E-state index in [0.29, 0.717) is 25.4 Å². The summed E-state index contributed by atoms with van der Waals surface area (Å²) in [5.41, 5.74) is 5.83. The van der Waals surface area contributed by atoms with Gasteiger partial charge in [-0.05, 0) is 48.7 Å². The van der Waals surface area contributed by atoms with Crippen LogP contribution in [-0.2, 0) is 66.4 Å². The highest BCUT2D eigenvalue weighted by Crippen LogP contribution is 2.44. The Morgan fingerprint density at radius 3 is 1.43 bits per heavy atom. The lowest BCUT2D eigenvalue weighted by atomic mass is 9.87. The number of ether oxygens (including phenoxy) is 5. The van der Waals surface area contributed by atoms with Gasteiger partial charge in [-0.2, -0.15) is 0 Å². The van der Waals surface area contributed by atoms with Gasteiger partial charge in [0, 0.05) is 13.0 Å². The number of hydrogen-bond donors (Lipinski definition) is 1. The van der Waals surface area contributed by atoms with E-state index in [1.807, 2.05) is 42.5 Å². The van der Waals surface area contributed by atoms with E-state index in [1.54, 1.807) is 0 Å². The van der Waals surface area contributed by atoms with E-state index in [9.17, 15) is 33.3 Å². The van der Waals surface area contributed by atoms with Crippen molar-refractivity contribution >= 4 is 66.6 Å². The van der Waals surface area contributed by atoms with E-state index in [2.05, 4.69) is 37.8 Å². The van der Waals surface area contributed by atoms with Gasteiger partial charge in [0.1, 0.15) is 0 Å². The molecule has 0 heterocycles. The quantitative estimate of drug-likeness (QED) is 0.0301. The second-order valence-electron chi connectivity index (χ2n) is 12.6. The van der Waals surface area contributed by atoms with Crippen molar-refractivity contribution in [1.29, 1.82) is 0 Å². The van der Waals surface area contributed by atoms with Gasteiger partial charge in [-0.15, -0.1) is 0 Å². The van der Waals surface area contributed by atoms with Crippen molar-refractivity contribution in [2.24, 2.45) is 5.73 Å². The van der Waals surface area contributed by atoms with Gasteiger partial charge in [0.05, 0.1) is 106 Å². The average Bonchev–Trinajstić information content (AvgIpc) is 3.19. The van der Waals surface area contributed by atoms with Crippen LogP contribution in [0.4, 0.5) is 0 Å². The monoisotopic (exact) mass is 869 g/mol. The average molecular weight is 870 g/mol. The molecule has 0 fully saturated rings. The number of nitrogens with two attached hydrogens (primary N) is 1. The van der Waals surface area contributed by atoms with Gasteiger partial charge in [-0.1, -0.05) is 66.7 Å². The van der Waals surface area contributed by atoms with E-state index >= 15 is 0 Å². The third-order valence-corrected chi connectivity index (χ3v) is 11.1. The molecule has 0 aliphatic heterocycles. The number of rotatable bonds is 30. The molecule has 21 heteroatoms. The number of phosphoric ester groups is 3. The van der Waals surface area contributed by atoms with Crippen LogP contribution in [-0.4, -0.2) is 105 Å². The lowest BCUT2D eigenvalue weighted by molar-refractivity contribution is -0.343. The summed E-state index contributed by atoms with van der Waals surface area (Å²) in [5, 5.41) is 8.14. The molecular formula is C37H46NO17P3-4. The minimum Gasteiger partial charge on any atom is -0.790 e. The summed E-state index contributed by atoms with van der Waals surface area (Å²) >= 11 is 0. The molecule has 0 saturated heterocycles. The van der Waals surface area contributed by atoms with Crippen molar-refractivity contribution in [3.8, 4) is 0 Å². The Bertz CT molecular complexity index is 2120. The largest absolute Gasteiger partial charge is 0.790 e. The van der Waals surface area contributed by atoms with Gasteiger partial charge >= 0.3 is 0 Å². The van der Waals surface area contributed by atoms with E-state index in [0.717, 1.165) is 43.1 Å². The minimum atomic E-state index is -5.46. The van der Waals surface area contributed by atoms with Crippen LogP contribution in [0.15, 0.2) is 66.7 Å². The number of hydrogen-bond acceptors (Lipinski definition) is 18. The predicted molar refractivity (Wildman–Crippen MR) is 206 cm³/mol. The van der Waals surface area contributed by atoms with Crippen molar-refractivity contribution < 1.29 is 79.6 Å². The standard InChI is InChI=1S/C37H50NO17P3/c38-12-13-51-57(42,43)52-24-22-49-20-18-47-16-14-46-15-17-48-19-21-50-23-25-53-58(44,45)55-30(27-54-56(39,40)41)26-29-10-11-35-33-8-2-5-28-4-1-7-32(36(28)33)34-9-3-6-31(29)37(34)35/h1-11,30H,12-27,38H2,(H,42,43)(H,44,45)(H2,39,40,41)/p-4. The van der Waals surface area contributed by atoms with Gasteiger partial charge in [0.2, 0.25) is 0 Å². The third-order valence-electron chi connectivity index (χ3n) is 8.57. The lowest BCUT2D eigenvalue weighted by Crippen LogP contribution is -2.28. The molecule has 0 saturated carbocycles. The molecule has 5 aromatic carbocycles. The summed E-state index contributed by atoms with van der Waals surface area (Å²) in [5.74, 6) is 0. The Labute approximate surface area is 335 Å². The van der Waals surface area contributed by atoms with Crippen LogP contribution in [0.25, 0.3) is 43.1 Å². The summed E-state index contributed by atoms with van der Waals surface area (Å²) in [7, 11) is -14.8. The van der Waals surface area contributed by atoms with Gasteiger partial charge in [0.25, 0.3) is 15.6 Å². The molecule has 320 valence electrons. The van der Waals surface area contributed by atoms with Gasteiger partial charge < -0.3 is 76.2 Å². The SMILES string of the molecule is NCCOP(=O)([O-])OCCOCCOCCOCCOCCOCCOP(=O)([O-])OC(COP(=O)([O-])[O-])Cc1ccc2c3cccc4cccc(c5cccc1c52)c43. The summed E-state index contributed by atoms with van der Waals surface area (Å²) in [6.45, 7) is 0.437. The molecule has 0 radical (unpaired) electrons. The fourth-order valence-corrected chi connectivity index (χ4v) is 8.15. The molecule has 3 atom stereocenters. The van der Waals surface area contributed by atoms with E-state index in [-0.39, 0.29) is 72.4 Å². The maximum absolute atomic E-state index is 12.8. The summed E-state index contributed by atoms with van der Waals surface area (Å²) in [6, 6.07) is 21.8. The van der Waals surface area contributed by atoms with Crippen LogP contribution in [0.2, 0.25) is 0 Å². The molecule has 2 N–H and O–H groups in total. The summed E-state index contributed by atoms with van der Waals surface area (Å²) in [4.78, 5) is 46.9. The van der Waals surface area contributed by atoms with E-state index in [1.165, 1.54) is 0 Å². The molecule has 18 nitrogen and oxygen atoms in total. The van der Waals surface area contributed by atoms with Gasteiger partial charge in [-0.25, -0.2) is 0 Å². The van der Waals surface area contributed by atoms with Crippen molar-refractivity contribution in [3.63, 3.8) is 0 Å². The predicted octanol–water partition coefficient (Wildman–Crippen LogP) is 2.54. The van der Waals surface area contributed by atoms with E-state index < -0.39 is 42.8 Å². The first-order chi connectivity index (χ1) is 27.9. The highest BCUT2D eigenvalue weighted by molar-refractivity contribution is 7.46. The second kappa shape index (κ2) is 22.9. The highest BCUT2D eigenvalue weighted by atomic mass is 31.2. The van der Waals surface area contributed by atoms with Crippen LogP contribution in [0.1, 0.15) is 5.56 Å². The van der Waals surface area contributed by atoms with Crippen molar-refractivity contribution in [2.75, 3.05) is 99.0 Å². The van der Waals surface area contributed by atoms with Crippen LogP contribution >= 0.6 is 23.5 Å². The van der Waals surface area contributed by atoms with Crippen molar-refractivity contribution in [3.05, 3.63) is 72.3 Å². The fraction of sp³-hybridized carbons (Fsp3) is 0.459. The maximum atomic E-state index is 12.8. The van der Waals surface area contributed by atoms with Crippen molar-refractivity contribution in [2.45, 2.75) is 12.5 Å². The lowest BCUT2D eigenvalue weighted by Gasteiger charge is -2.33. The Morgan fingerprint density at radius 2 is 0.914 bits per heavy atom. The van der Waals surface area contributed by atoms with E-state index in [4.69, 9.17) is 38.5 Å². The maximum Gasteiger partial charge on any atom is 0.268 e. The molecule has 0 bridgehead atoms. The van der Waals surface area contributed by atoms with Crippen LogP contribution in [0.5, 0.6) is 0 Å². The number of benzene rings is 5. The zero-order valence-electron chi connectivity index (χ0n) is 31.6. The molecule has 5 aromatic rings. The molecule has 0 aliphatic carbocycles. The van der Waals surface area contributed by atoms with Gasteiger partial charge in [-0.3, -0.25) is 9.13 Å². The van der Waals surface area contributed by atoms with Crippen LogP contribution < -0.4 is 25.3 Å². The second-order valence-corrected chi connectivity index (χ2v) is 16.6. The zero-order chi connectivity index (χ0) is 41.4. The molecule has 0 aliphatic rings. The smallest absolute Gasteiger partial charge is 0.268 e. The summed E-state index contributed by atoms with van der Waals surface area (Å²) in [6.07, 6.45) is -1.51. The normalized spacial score (nSPS) is 15.1. The Kier molecular flexibility index (Phi) is 18.4. The first-order valence-corrected chi connectivity index (χ1v) is 22.8. The summed E-state index contributed by atoms with van der Waals surface area (Å²) < 4.78 is 86.0. The zero-order valence-corrected chi connectivity index (χ0v) is 34.3. The number of phosphoric acid groups is 3. The van der Waals surface area contributed by atoms with Gasteiger partial charge in [0.15, 0.2) is 0 Å². The topological polar surface area (TPSA) is 262 Å². The fourth-order valence-electron chi connectivity index (χ4n) is 6.24. The van der Waals surface area contributed by atoms with Crippen molar-refractivity contribution in [1.82, 2.24) is 0 Å². The Balaban J connectivity index is 0.982. The first kappa shape index (κ1) is 46.6. The Hall–Kier alpha value is -2.51. The molecule has 3 unspecified atom stereocenters. The van der Waals surface area contributed by atoms with Crippen LogP contribution in [0, 0.1) is 0 Å². The molecule has 0 aromatic heterocycles. The Morgan fingerprint density at radius 1 is 0.483 bits per heavy atom. The molecular weight excluding hydrogens is 823 g/mol. The number of fused-ring (bicyclic) bond motifs is 2. The molecule has 0 spiro atoms. The minimum absolute atomic E-state index is 0.0418. The van der Waals surface area contributed by atoms with Crippen LogP contribution in [0.3, 0.4) is 0 Å². The first-order valence-electron chi connectivity index (χ1n) is 18.4. The third kappa shape index (κ3) is 14.6. The molecule has 0 amide bonds. The molecule has 5 rings (SSSR count).